The summed E-state index contributed by atoms with van der Waals surface area (Å²) in [5.41, 5.74) is -1.20. The number of hydrogen-bond donors (Lipinski definition) is 3. The van der Waals surface area contributed by atoms with Crippen molar-refractivity contribution in [3.63, 3.8) is 0 Å². The summed E-state index contributed by atoms with van der Waals surface area (Å²) in [5.74, 6) is 1.79. The number of terminal acetylenes is 1. The third-order valence-electron chi connectivity index (χ3n) is 5.93. The minimum absolute atomic E-state index is 0.0494. The molecule has 30 heavy (non-hydrogen) atoms. The standard InChI is InChI=1S/C22H26N4O4/c1-5-8-14(22(2)10-6-7-11-22)25-16-15(19(28)20(16)29)24-13-9-12-23-17(18(13)27)21(30)26(3)4/h1,9,12,14,25,27H,6-8,10-11H2,2-4H3,(H,23,24)/t14-/m0/s1. The number of hydrogen-bond acceptors (Lipinski definition) is 7. The number of anilines is 3. The van der Waals surface area contributed by atoms with Crippen LogP contribution in [0.5, 0.6) is 5.75 Å². The predicted octanol–water partition coefficient (Wildman–Crippen LogP) is 2.21. The van der Waals surface area contributed by atoms with Gasteiger partial charge in [-0.3, -0.25) is 14.4 Å². The van der Waals surface area contributed by atoms with Gasteiger partial charge in [0, 0.05) is 32.8 Å². The molecule has 8 heteroatoms. The molecule has 8 nitrogen and oxygen atoms in total. The summed E-state index contributed by atoms with van der Waals surface area (Å²) in [6, 6.07) is 1.28. The Morgan fingerprint density at radius 3 is 2.53 bits per heavy atom. The number of carbonyl (C=O) groups excluding carboxylic acids is 1. The van der Waals surface area contributed by atoms with Crippen molar-refractivity contribution in [2.75, 3.05) is 24.7 Å². The SMILES string of the molecule is C#CC[C@H](Nc1c(Nc2ccnc(C(=O)N(C)C)c2O)c(=O)c1=O)C1(C)CCCC1. The fraction of sp³-hybridized carbons (Fsp3) is 0.455. The van der Waals surface area contributed by atoms with Gasteiger partial charge in [0.1, 0.15) is 11.4 Å². The van der Waals surface area contributed by atoms with E-state index in [1.165, 1.54) is 31.3 Å². The van der Waals surface area contributed by atoms with Crippen molar-refractivity contribution in [3.8, 4) is 18.1 Å². The van der Waals surface area contributed by atoms with Gasteiger partial charge in [0.15, 0.2) is 11.4 Å². The van der Waals surface area contributed by atoms with Gasteiger partial charge in [-0.05, 0) is 24.3 Å². The Labute approximate surface area is 175 Å². The largest absolute Gasteiger partial charge is 0.504 e. The Balaban J connectivity index is 1.90. The lowest BCUT2D eigenvalue weighted by molar-refractivity contribution is 0.0819. The molecule has 1 aliphatic rings. The Bertz CT molecular complexity index is 1070. The molecular weight excluding hydrogens is 384 g/mol. The van der Waals surface area contributed by atoms with Crippen molar-refractivity contribution < 1.29 is 9.90 Å². The van der Waals surface area contributed by atoms with E-state index in [-0.39, 0.29) is 34.2 Å². The van der Waals surface area contributed by atoms with Crippen molar-refractivity contribution in [2.24, 2.45) is 5.41 Å². The van der Waals surface area contributed by atoms with Crippen LogP contribution in [0.15, 0.2) is 21.9 Å². The van der Waals surface area contributed by atoms with Crippen LogP contribution in [0.1, 0.15) is 49.5 Å². The number of aromatic nitrogens is 1. The lowest BCUT2D eigenvalue weighted by Crippen LogP contribution is -2.43. The summed E-state index contributed by atoms with van der Waals surface area (Å²) in [5, 5.41) is 16.4. The van der Waals surface area contributed by atoms with Gasteiger partial charge in [0.05, 0.1) is 5.69 Å². The first kappa shape index (κ1) is 21.4. The van der Waals surface area contributed by atoms with Gasteiger partial charge < -0.3 is 20.6 Å². The average molecular weight is 410 g/mol. The summed E-state index contributed by atoms with van der Waals surface area (Å²) in [6.07, 6.45) is 11.5. The molecule has 158 valence electrons. The third-order valence-corrected chi connectivity index (χ3v) is 5.93. The average Bonchev–Trinajstić information content (AvgIpc) is 3.17. The van der Waals surface area contributed by atoms with E-state index in [0.29, 0.717) is 6.42 Å². The van der Waals surface area contributed by atoms with Crippen molar-refractivity contribution in [2.45, 2.75) is 45.1 Å². The quantitative estimate of drug-likeness (QED) is 0.474. The van der Waals surface area contributed by atoms with E-state index in [1.807, 2.05) is 0 Å². The van der Waals surface area contributed by atoms with Crippen LogP contribution in [0.4, 0.5) is 17.1 Å². The predicted molar refractivity (Wildman–Crippen MR) is 116 cm³/mol. The number of amides is 1. The van der Waals surface area contributed by atoms with Crippen molar-refractivity contribution in [1.29, 1.82) is 0 Å². The molecule has 0 bridgehead atoms. The molecule has 1 saturated carbocycles. The second-order valence-electron chi connectivity index (χ2n) is 8.25. The number of aromatic hydroxyl groups is 1. The van der Waals surface area contributed by atoms with Crippen molar-refractivity contribution in [1.82, 2.24) is 9.88 Å². The fourth-order valence-electron chi connectivity index (χ4n) is 4.00. The van der Waals surface area contributed by atoms with Gasteiger partial charge in [-0.2, -0.15) is 0 Å². The summed E-state index contributed by atoms with van der Waals surface area (Å²) >= 11 is 0. The molecule has 1 aliphatic carbocycles. The molecule has 0 spiro atoms. The third kappa shape index (κ3) is 3.75. The van der Waals surface area contributed by atoms with Gasteiger partial charge in [-0.1, -0.05) is 19.8 Å². The first-order valence-electron chi connectivity index (χ1n) is 9.89. The Morgan fingerprint density at radius 1 is 1.30 bits per heavy atom. The van der Waals surface area contributed by atoms with E-state index >= 15 is 0 Å². The number of pyridine rings is 1. The Hall–Kier alpha value is -3.34. The zero-order chi connectivity index (χ0) is 22.1. The highest BCUT2D eigenvalue weighted by atomic mass is 16.3. The molecule has 0 unspecified atom stereocenters. The maximum Gasteiger partial charge on any atom is 0.275 e. The van der Waals surface area contributed by atoms with Crippen LogP contribution >= 0.6 is 0 Å². The van der Waals surface area contributed by atoms with E-state index in [4.69, 9.17) is 6.42 Å². The molecule has 1 atom stereocenters. The highest BCUT2D eigenvalue weighted by molar-refractivity contribution is 5.97. The number of nitrogens with one attached hydrogen (secondary N) is 2. The monoisotopic (exact) mass is 410 g/mol. The van der Waals surface area contributed by atoms with Crippen molar-refractivity contribution in [3.05, 3.63) is 38.4 Å². The maximum absolute atomic E-state index is 12.3. The number of nitrogens with zero attached hydrogens (tertiary/aromatic N) is 2. The maximum atomic E-state index is 12.3. The topological polar surface area (TPSA) is 112 Å². The van der Waals surface area contributed by atoms with Crippen LogP contribution in [-0.2, 0) is 0 Å². The minimum Gasteiger partial charge on any atom is -0.504 e. The van der Waals surface area contributed by atoms with E-state index in [9.17, 15) is 19.5 Å². The van der Waals surface area contributed by atoms with E-state index < -0.39 is 22.5 Å². The number of rotatable bonds is 7. The molecular formula is C22H26N4O4. The lowest BCUT2D eigenvalue weighted by atomic mass is 9.79. The molecule has 0 aliphatic heterocycles. The molecule has 1 aromatic heterocycles. The highest BCUT2D eigenvalue weighted by Gasteiger charge is 2.38. The molecule has 1 amide bonds. The second kappa shape index (κ2) is 8.19. The Morgan fingerprint density at radius 2 is 1.93 bits per heavy atom. The van der Waals surface area contributed by atoms with E-state index in [2.05, 4.69) is 28.5 Å². The van der Waals surface area contributed by atoms with Crippen LogP contribution in [0.2, 0.25) is 0 Å². The van der Waals surface area contributed by atoms with Crippen molar-refractivity contribution >= 4 is 23.0 Å². The normalized spacial score (nSPS) is 16.1. The smallest absolute Gasteiger partial charge is 0.275 e. The van der Waals surface area contributed by atoms with Crippen LogP contribution in [0.25, 0.3) is 0 Å². The summed E-state index contributed by atoms with van der Waals surface area (Å²) < 4.78 is 0. The number of carbonyl (C=O) groups is 1. The lowest BCUT2D eigenvalue weighted by Gasteiger charge is -2.35. The molecule has 3 N–H and O–H groups in total. The molecule has 0 radical (unpaired) electrons. The summed E-state index contributed by atoms with van der Waals surface area (Å²) in [7, 11) is 3.08. The zero-order valence-electron chi connectivity index (χ0n) is 17.4. The molecule has 0 saturated heterocycles. The molecule has 1 heterocycles. The van der Waals surface area contributed by atoms with Crippen LogP contribution in [0, 0.1) is 17.8 Å². The molecule has 3 rings (SSSR count). The highest BCUT2D eigenvalue weighted by Crippen LogP contribution is 2.43. The van der Waals surface area contributed by atoms with Gasteiger partial charge in [-0.25, -0.2) is 4.98 Å². The fourth-order valence-corrected chi connectivity index (χ4v) is 4.00. The summed E-state index contributed by atoms with van der Waals surface area (Å²) in [6.45, 7) is 2.14. The first-order chi connectivity index (χ1) is 14.2. The minimum atomic E-state index is -0.690. The van der Waals surface area contributed by atoms with Gasteiger partial charge in [-0.15, -0.1) is 12.3 Å². The molecule has 1 aromatic carbocycles. The second-order valence-corrected chi connectivity index (χ2v) is 8.25. The van der Waals surface area contributed by atoms with Gasteiger partial charge in [0.2, 0.25) is 0 Å². The van der Waals surface area contributed by atoms with E-state index in [1.54, 1.807) is 0 Å². The summed E-state index contributed by atoms with van der Waals surface area (Å²) in [4.78, 5) is 41.9. The van der Waals surface area contributed by atoms with Gasteiger partial charge >= 0.3 is 0 Å². The Kier molecular flexibility index (Phi) is 5.83. The van der Waals surface area contributed by atoms with Crippen LogP contribution in [0.3, 0.4) is 0 Å². The molecule has 2 aromatic rings. The first-order valence-corrected chi connectivity index (χ1v) is 9.89. The van der Waals surface area contributed by atoms with Gasteiger partial charge in [0.25, 0.3) is 16.8 Å². The van der Waals surface area contributed by atoms with Crippen LogP contribution in [-0.4, -0.2) is 41.0 Å². The van der Waals surface area contributed by atoms with E-state index in [0.717, 1.165) is 25.7 Å². The zero-order valence-corrected chi connectivity index (χ0v) is 17.4. The molecule has 1 fully saturated rings. The van der Waals surface area contributed by atoms with Crippen LogP contribution < -0.4 is 21.5 Å².